The fourth-order valence-electron chi connectivity index (χ4n) is 3.89. The lowest BCUT2D eigenvalue weighted by atomic mass is 9.84. The van der Waals surface area contributed by atoms with Crippen LogP contribution in [-0.2, 0) is 0 Å². The summed E-state index contributed by atoms with van der Waals surface area (Å²) >= 11 is 5.04. The summed E-state index contributed by atoms with van der Waals surface area (Å²) < 4.78 is 14.0. The van der Waals surface area contributed by atoms with Gasteiger partial charge in [-0.25, -0.2) is 4.39 Å². The summed E-state index contributed by atoms with van der Waals surface area (Å²) in [5.41, 5.74) is 6.99. The number of rotatable bonds is 2. The average Bonchev–Trinajstić information content (AvgIpc) is 2.46. The van der Waals surface area contributed by atoms with Gasteiger partial charge in [-0.1, -0.05) is 18.3 Å². The molecule has 1 aromatic carbocycles. The van der Waals surface area contributed by atoms with Crippen LogP contribution in [-0.4, -0.2) is 42.6 Å². The Morgan fingerprint density at radius 3 is 2.90 bits per heavy atom. The molecule has 2 N–H and O–H groups in total. The van der Waals surface area contributed by atoms with Crippen LogP contribution in [0.25, 0.3) is 0 Å². The van der Waals surface area contributed by atoms with Crippen LogP contribution < -0.4 is 10.6 Å². The van der Waals surface area contributed by atoms with Gasteiger partial charge < -0.3 is 15.5 Å². The van der Waals surface area contributed by atoms with Crippen LogP contribution in [0.3, 0.4) is 0 Å². The first kappa shape index (κ1) is 14.7. The minimum Gasteiger partial charge on any atom is -0.389 e. The van der Waals surface area contributed by atoms with Gasteiger partial charge in [0.05, 0.1) is 5.56 Å². The van der Waals surface area contributed by atoms with Crippen molar-refractivity contribution < 1.29 is 4.39 Å². The largest absolute Gasteiger partial charge is 0.389 e. The minimum absolute atomic E-state index is 0.144. The molecule has 3 rings (SSSR count). The van der Waals surface area contributed by atoms with Gasteiger partial charge in [-0.05, 0) is 50.9 Å². The van der Waals surface area contributed by atoms with Gasteiger partial charge in [0.1, 0.15) is 10.8 Å². The van der Waals surface area contributed by atoms with Gasteiger partial charge in [0.15, 0.2) is 0 Å². The van der Waals surface area contributed by atoms with E-state index in [1.165, 1.54) is 25.5 Å². The predicted molar refractivity (Wildman–Crippen MR) is 88.3 cm³/mol. The lowest BCUT2D eigenvalue weighted by Crippen LogP contribution is -2.53. The maximum atomic E-state index is 14.0. The van der Waals surface area contributed by atoms with E-state index in [1.807, 2.05) is 6.07 Å². The van der Waals surface area contributed by atoms with E-state index in [0.717, 1.165) is 25.2 Å². The smallest absolute Gasteiger partial charge is 0.135 e. The Balaban J connectivity index is 1.86. The monoisotopic (exact) mass is 307 g/mol. The second-order valence-corrected chi connectivity index (χ2v) is 6.62. The molecule has 1 aromatic rings. The number of anilines is 1. The maximum Gasteiger partial charge on any atom is 0.135 e. The van der Waals surface area contributed by atoms with Crippen molar-refractivity contribution in [3.63, 3.8) is 0 Å². The van der Waals surface area contributed by atoms with E-state index >= 15 is 0 Å². The second kappa shape index (κ2) is 5.89. The Morgan fingerprint density at radius 2 is 2.14 bits per heavy atom. The van der Waals surface area contributed by atoms with E-state index in [0.29, 0.717) is 17.5 Å². The topological polar surface area (TPSA) is 32.5 Å². The van der Waals surface area contributed by atoms with Crippen molar-refractivity contribution in [1.29, 1.82) is 0 Å². The van der Waals surface area contributed by atoms with E-state index in [9.17, 15) is 4.39 Å². The zero-order chi connectivity index (χ0) is 15.0. The highest BCUT2D eigenvalue weighted by Crippen LogP contribution is 2.33. The zero-order valence-electron chi connectivity index (χ0n) is 12.4. The highest BCUT2D eigenvalue weighted by Gasteiger charge is 2.35. The number of thiocarbonyl (C=S) groups is 1. The standard InChI is InChI=1S/C16H22FN3S/c1-19-8-3-4-11-10-20(9-7-13(11)19)14-6-2-5-12(17)15(14)16(18)21/h2,5-6,11,13H,3-4,7-10H2,1H3,(H2,18,21). The Morgan fingerprint density at radius 1 is 1.33 bits per heavy atom. The molecule has 0 bridgehead atoms. The molecule has 2 heterocycles. The molecule has 3 nitrogen and oxygen atoms in total. The number of hydrogen-bond acceptors (Lipinski definition) is 3. The van der Waals surface area contributed by atoms with Crippen LogP contribution in [0.15, 0.2) is 18.2 Å². The number of benzene rings is 1. The third kappa shape index (κ3) is 2.77. The molecule has 114 valence electrons. The SMILES string of the molecule is CN1CCCC2CN(c3cccc(F)c3C(N)=S)CCC21. The van der Waals surface area contributed by atoms with Crippen LogP contribution in [0.1, 0.15) is 24.8 Å². The summed E-state index contributed by atoms with van der Waals surface area (Å²) in [6.07, 6.45) is 3.62. The molecule has 0 aromatic heterocycles. The van der Waals surface area contributed by atoms with Gasteiger partial charge in [-0.15, -0.1) is 0 Å². The van der Waals surface area contributed by atoms with Crippen LogP contribution in [0.5, 0.6) is 0 Å². The second-order valence-electron chi connectivity index (χ2n) is 6.18. The Bertz CT molecular complexity index is 548. The highest BCUT2D eigenvalue weighted by atomic mass is 32.1. The van der Waals surface area contributed by atoms with E-state index in [2.05, 4.69) is 16.8 Å². The number of piperidine rings is 2. The molecule has 2 unspecified atom stereocenters. The molecule has 0 aliphatic carbocycles. The van der Waals surface area contributed by atoms with Gasteiger partial charge in [-0.3, -0.25) is 0 Å². The summed E-state index contributed by atoms with van der Waals surface area (Å²) in [6, 6.07) is 5.77. The average molecular weight is 307 g/mol. The molecular weight excluding hydrogens is 285 g/mol. The van der Waals surface area contributed by atoms with Crippen molar-refractivity contribution in [3.8, 4) is 0 Å². The van der Waals surface area contributed by atoms with Gasteiger partial charge in [0.2, 0.25) is 0 Å². The molecule has 0 saturated carbocycles. The molecule has 2 aliphatic heterocycles. The summed E-state index contributed by atoms with van der Waals surface area (Å²) in [5, 5.41) is 0. The van der Waals surface area contributed by atoms with Gasteiger partial charge in [0, 0.05) is 24.8 Å². The number of halogens is 1. The Kier molecular flexibility index (Phi) is 4.13. The lowest BCUT2D eigenvalue weighted by molar-refractivity contribution is 0.102. The van der Waals surface area contributed by atoms with E-state index in [-0.39, 0.29) is 10.8 Å². The van der Waals surface area contributed by atoms with E-state index < -0.39 is 0 Å². The van der Waals surface area contributed by atoms with Gasteiger partial charge >= 0.3 is 0 Å². The summed E-state index contributed by atoms with van der Waals surface area (Å²) in [4.78, 5) is 4.88. The van der Waals surface area contributed by atoms with Crippen molar-refractivity contribution in [2.45, 2.75) is 25.3 Å². The van der Waals surface area contributed by atoms with Crippen molar-refractivity contribution in [1.82, 2.24) is 4.90 Å². The van der Waals surface area contributed by atoms with Gasteiger partial charge in [-0.2, -0.15) is 0 Å². The first-order valence-electron chi connectivity index (χ1n) is 7.61. The summed E-state index contributed by atoms with van der Waals surface area (Å²) in [6.45, 7) is 3.10. The van der Waals surface area contributed by atoms with E-state index in [1.54, 1.807) is 6.07 Å². The molecule has 5 heteroatoms. The van der Waals surface area contributed by atoms with Crippen molar-refractivity contribution in [2.24, 2.45) is 11.7 Å². The van der Waals surface area contributed by atoms with Gasteiger partial charge in [0.25, 0.3) is 0 Å². The highest BCUT2D eigenvalue weighted by molar-refractivity contribution is 7.80. The fourth-order valence-corrected chi connectivity index (χ4v) is 4.09. The molecule has 0 radical (unpaired) electrons. The first-order chi connectivity index (χ1) is 10.1. The molecule has 21 heavy (non-hydrogen) atoms. The lowest BCUT2D eigenvalue weighted by Gasteiger charge is -2.47. The molecular formula is C16H22FN3S. The zero-order valence-corrected chi connectivity index (χ0v) is 13.2. The molecule has 2 saturated heterocycles. The first-order valence-corrected chi connectivity index (χ1v) is 8.02. The molecule has 0 spiro atoms. The number of likely N-dealkylation sites (tertiary alicyclic amines) is 1. The third-order valence-electron chi connectivity index (χ3n) is 4.92. The molecule has 2 aliphatic rings. The number of nitrogens with two attached hydrogens (primary N) is 1. The van der Waals surface area contributed by atoms with Crippen molar-refractivity contribution >= 4 is 22.9 Å². The van der Waals surface area contributed by atoms with Crippen molar-refractivity contribution in [2.75, 3.05) is 31.6 Å². The number of nitrogens with zero attached hydrogens (tertiary/aromatic N) is 2. The predicted octanol–water partition coefficient (Wildman–Crippen LogP) is 2.38. The van der Waals surface area contributed by atoms with Crippen molar-refractivity contribution in [3.05, 3.63) is 29.6 Å². The van der Waals surface area contributed by atoms with E-state index in [4.69, 9.17) is 18.0 Å². The molecule has 2 atom stereocenters. The maximum absolute atomic E-state index is 14.0. The van der Waals surface area contributed by atoms with Crippen LogP contribution in [0.4, 0.5) is 10.1 Å². The summed E-state index contributed by atoms with van der Waals surface area (Å²) in [7, 11) is 2.22. The van der Waals surface area contributed by atoms with Crippen LogP contribution in [0.2, 0.25) is 0 Å². The third-order valence-corrected chi connectivity index (χ3v) is 5.13. The Labute approximate surface area is 130 Å². The number of fused-ring (bicyclic) bond motifs is 1. The normalized spacial score (nSPS) is 26.5. The fraction of sp³-hybridized carbons (Fsp3) is 0.562. The quantitative estimate of drug-likeness (QED) is 0.850. The molecule has 0 amide bonds. The Hall–Kier alpha value is -1.20. The summed E-state index contributed by atoms with van der Waals surface area (Å²) in [5.74, 6) is 0.336. The minimum atomic E-state index is -0.317. The molecule has 2 fully saturated rings. The van der Waals surface area contributed by atoms with Crippen LogP contribution >= 0.6 is 12.2 Å². The van der Waals surface area contributed by atoms with Crippen LogP contribution in [0, 0.1) is 11.7 Å². The number of hydrogen-bond donors (Lipinski definition) is 1.